The van der Waals surface area contributed by atoms with E-state index in [2.05, 4.69) is 26.0 Å². The molecule has 0 radical (unpaired) electrons. The number of aromatic nitrogens is 3. The summed E-state index contributed by atoms with van der Waals surface area (Å²) in [5, 5.41) is 13.0. The number of aliphatic hydroxyl groups excluding tert-OH is 1. The fraction of sp³-hybridized carbons (Fsp3) is 0.667. The minimum atomic E-state index is -0.0326. The van der Waals surface area contributed by atoms with Crippen LogP contribution >= 0.6 is 15.9 Å². The molecule has 0 amide bonds. The van der Waals surface area contributed by atoms with Crippen LogP contribution < -0.4 is 0 Å². The molecule has 4 nitrogen and oxygen atoms in total. The van der Waals surface area contributed by atoms with Gasteiger partial charge in [-0.25, -0.2) is 9.67 Å². The Morgan fingerprint density at radius 2 is 2.36 bits per heavy atom. The highest BCUT2D eigenvalue weighted by atomic mass is 79.9. The van der Waals surface area contributed by atoms with Crippen LogP contribution in [0.25, 0.3) is 0 Å². The van der Waals surface area contributed by atoms with Crippen LogP contribution in [0.5, 0.6) is 0 Å². The molecule has 11 heavy (non-hydrogen) atoms. The molecular formula is C6H8BrN3O. The summed E-state index contributed by atoms with van der Waals surface area (Å²) in [7, 11) is 0. The lowest BCUT2D eigenvalue weighted by Gasteiger charge is -1.98. The van der Waals surface area contributed by atoms with Crippen molar-refractivity contribution < 1.29 is 5.11 Å². The van der Waals surface area contributed by atoms with E-state index in [1.807, 2.05) is 0 Å². The van der Waals surface area contributed by atoms with E-state index >= 15 is 0 Å². The summed E-state index contributed by atoms with van der Waals surface area (Å²) in [6, 6.07) is 0.482. The van der Waals surface area contributed by atoms with Gasteiger partial charge in [0.05, 0.1) is 6.04 Å². The molecule has 1 aliphatic rings. The highest BCUT2D eigenvalue weighted by molar-refractivity contribution is 9.10. The zero-order valence-corrected chi connectivity index (χ0v) is 7.45. The first kappa shape index (κ1) is 7.24. The van der Waals surface area contributed by atoms with Crippen LogP contribution in [0.4, 0.5) is 0 Å². The predicted octanol–water partition coefficient (Wildman–Crippen LogP) is 0.868. The zero-order valence-electron chi connectivity index (χ0n) is 5.87. The molecule has 2 rings (SSSR count). The second-order valence-electron chi connectivity index (χ2n) is 2.63. The average molecular weight is 218 g/mol. The number of nitrogens with zero attached hydrogens (tertiary/aromatic N) is 3. The fourth-order valence-electron chi connectivity index (χ4n) is 1.05. The maximum Gasteiger partial charge on any atom is 0.217 e. The molecule has 60 valence electrons. The summed E-state index contributed by atoms with van der Waals surface area (Å²) >= 11 is 3.17. The van der Waals surface area contributed by atoms with Gasteiger partial charge in [-0.1, -0.05) is 0 Å². The largest absolute Gasteiger partial charge is 0.388 e. The van der Waals surface area contributed by atoms with Crippen LogP contribution in [0.3, 0.4) is 0 Å². The molecule has 0 aliphatic heterocycles. The van der Waals surface area contributed by atoms with Crippen molar-refractivity contribution in [2.75, 3.05) is 0 Å². The first-order valence-electron chi connectivity index (χ1n) is 3.53. The van der Waals surface area contributed by atoms with E-state index in [1.54, 1.807) is 4.68 Å². The predicted molar refractivity (Wildman–Crippen MR) is 41.9 cm³/mol. The molecule has 0 saturated heterocycles. The monoisotopic (exact) mass is 217 g/mol. The SMILES string of the molecule is OCc1nc(Br)nn1C1CC1. The summed E-state index contributed by atoms with van der Waals surface area (Å²) < 4.78 is 2.36. The molecule has 1 aromatic heterocycles. The molecule has 0 spiro atoms. The van der Waals surface area contributed by atoms with Crippen LogP contribution in [0.1, 0.15) is 24.7 Å². The van der Waals surface area contributed by atoms with Crippen LogP contribution in [0, 0.1) is 0 Å². The standard InChI is InChI=1S/C6H8BrN3O/c7-6-8-5(3-11)10(9-6)4-1-2-4/h4,11H,1-3H2. The Labute approximate surface area is 72.4 Å². The Morgan fingerprint density at radius 1 is 1.64 bits per heavy atom. The van der Waals surface area contributed by atoms with Crippen LogP contribution in [-0.4, -0.2) is 19.9 Å². The van der Waals surface area contributed by atoms with E-state index in [0.717, 1.165) is 12.8 Å². The lowest BCUT2D eigenvalue weighted by atomic mass is 10.6. The number of halogens is 1. The fourth-order valence-corrected chi connectivity index (χ4v) is 1.42. The van der Waals surface area contributed by atoms with Gasteiger partial charge in [0.15, 0.2) is 5.82 Å². The molecule has 1 aliphatic carbocycles. The van der Waals surface area contributed by atoms with Crippen molar-refractivity contribution in [3.8, 4) is 0 Å². The van der Waals surface area contributed by atoms with Crippen LogP contribution in [0.2, 0.25) is 0 Å². The summed E-state index contributed by atoms with van der Waals surface area (Å²) in [5.41, 5.74) is 0. The second-order valence-corrected chi connectivity index (χ2v) is 3.34. The van der Waals surface area contributed by atoms with Crippen molar-refractivity contribution in [1.29, 1.82) is 0 Å². The van der Waals surface area contributed by atoms with Gasteiger partial charge in [-0.15, -0.1) is 5.10 Å². The molecular weight excluding hydrogens is 210 g/mol. The lowest BCUT2D eigenvalue weighted by molar-refractivity contribution is 0.262. The van der Waals surface area contributed by atoms with Crippen molar-refractivity contribution in [1.82, 2.24) is 14.8 Å². The van der Waals surface area contributed by atoms with Gasteiger partial charge in [-0.05, 0) is 28.8 Å². The topological polar surface area (TPSA) is 50.9 Å². The maximum atomic E-state index is 8.86. The lowest BCUT2D eigenvalue weighted by Crippen LogP contribution is -2.02. The van der Waals surface area contributed by atoms with E-state index in [-0.39, 0.29) is 6.61 Å². The van der Waals surface area contributed by atoms with E-state index in [4.69, 9.17) is 5.11 Å². The van der Waals surface area contributed by atoms with Gasteiger partial charge in [-0.3, -0.25) is 0 Å². The summed E-state index contributed by atoms with van der Waals surface area (Å²) in [4.78, 5) is 4.01. The zero-order chi connectivity index (χ0) is 7.84. The van der Waals surface area contributed by atoms with Gasteiger partial charge in [-0.2, -0.15) is 0 Å². The third kappa shape index (κ3) is 1.30. The molecule has 0 unspecified atom stereocenters. The van der Waals surface area contributed by atoms with Gasteiger partial charge in [0.1, 0.15) is 6.61 Å². The molecule has 1 heterocycles. The molecule has 5 heteroatoms. The van der Waals surface area contributed by atoms with Crippen molar-refractivity contribution in [2.45, 2.75) is 25.5 Å². The van der Waals surface area contributed by atoms with Gasteiger partial charge in [0.25, 0.3) is 0 Å². The minimum absolute atomic E-state index is 0.0326. The van der Waals surface area contributed by atoms with E-state index in [9.17, 15) is 0 Å². The quantitative estimate of drug-likeness (QED) is 0.801. The molecule has 1 aromatic rings. The minimum Gasteiger partial charge on any atom is -0.388 e. The van der Waals surface area contributed by atoms with Crippen molar-refractivity contribution in [2.24, 2.45) is 0 Å². The molecule has 0 aromatic carbocycles. The average Bonchev–Trinajstić information content (AvgIpc) is 2.75. The van der Waals surface area contributed by atoms with Crippen LogP contribution in [-0.2, 0) is 6.61 Å². The Hall–Kier alpha value is -0.420. The first-order chi connectivity index (χ1) is 5.31. The summed E-state index contributed by atoms with van der Waals surface area (Å²) in [6.07, 6.45) is 2.31. The molecule has 0 atom stereocenters. The Balaban J connectivity index is 2.34. The highest BCUT2D eigenvalue weighted by Gasteiger charge is 2.27. The Bertz CT molecular complexity index is 269. The molecule has 0 bridgehead atoms. The third-order valence-corrected chi connectivity index (χ3v) is 2.05. The highest BCUT2D eigenvalue weighted by Crippen LogP contribution is 2.35. The maximum absolute atomic E-state index is 8.86. The number of aliphatic hydroxyl groups is 1. The van der Waals surface area contributed by atoms with E-state index in [0.29, 0.717) is 16.6 Å². The van der Waals surface area contributed by atoms with Crippen molar-refractivity contribution in [3.05, 3.63) is 10.6 Å². The molecule has 1 N–H and O–H groups in total. The van der Waals surface area contributed by atoms with Crippen LogP contribution in [0.15, 0.2) is 4.73 Å². The number of hydrogen-bond acceptors (Lipinski definition) is 3. The number of rotatable bonds is 2. The summed E-state index contributed by atoms with van der Waals surface area (Å²) in [6.45, 7) is -0.0326. The van der Waals surface area contributed by atoms with E-state index < -0.39 is 0 Å². The first-order valence-corrected chi connectivity index (χ1v) is 4.32. The van der Waals surface area contributed by atoms with Gasteiger partial charge in [0, 0.05) is 0 Å². The molecule has 1 saturated carbocycles. The van der Waals surface area contributed by atoms with Crippen molar-refractivity contribution in [3.63, 3.8) is 0 Å². The third-order valence-electron chi connectivity index (χ3n) is 1.71. The second kappa shape index (κ2) is 2.57. The smallest absolute Gasteiger partial charge is 0.217 e. The van der Waals surface area contributed by atoms with E-state index in [1.165, 1.54) is 0 Å². The number of hydrogen-bond donors (Lipinski definition) is 1. The normalized spacial score (nSPS) is 17.3. The Kier molecular flexibility index (Phi) is 1.69. The summed E-state index contributed by atoms with van der Waals surface area (Å²) in [5.74, 6) is 0.652. The van der Waals surface area contributed by atoms with Gasteiger partial charge >= 0.3 is 0 Å². The van der Waals surface area contributed by atoms with Crippen molar-refractivity contribution >= 4 is 15.9 Å². The Morgan fingerprint density at radius 3 is 2.91 bits per heavy atom. The van der Waals surface area contributed by atoms with Gasteiger partial charge < -0.3 is 5.11 Å². The van der Waals surface area contributed by atoms with Gasteiger partial charge in [0.2, 0.25) is 4.73 Å². The molecule has 1 fully saturated rings.